The van der Waals surface area contributed by atoms with Crippen LogP contribution in [0.5, 0.6) is 5.75 Å². The molecule has 1 unspecified atom stereocenters. The molecule has 0 saturated carbocycles. The van der Waals surface area contributed by atoms with Crippen molar-refractivity contribution in [1.29, 1.82) is 0 Å². The Morgan fingerprint density at radius 1 is 1.53 bits per heavy atom. The standard InChI is InChI=1S/C13H20N2O2/c1-10(6-7-14)13(16)15-9-11-4-3-5-12(8-11)17-2/h3-5,8,10H,6-7,9,14H2,1-2H3,(H,15,16). The maximum atomic E-state index is 11.7. The van der Waals surface area contributed by atoms with Crippen molar-refractivity contribution in [3.8, 4) is 5.75 Å². The third-order valence-corrected chi connectivity index (χ3v) is 2.65. The topological polar surface area (TPSA) is 64.3 Å². The zero-order chi connectivity index (χ0) is 12.7. The summed E-state index contributed by atoms with van der Waals surface area (Å²) in [6.07, 6.45) is 0.712. The highest BCUT2D eigenvalue weighted by molar-refractivity contribution is 5.78. The number of nitrogens with one attached hydrogen (secondary N) is 1. The average molecular weight is 236 g/mol. The van der Waals surface area contributed by atoms with Crippen molar-refractivity contribution in [2.24, 2.45) is 11.7 Å². The summed E-state index contributed by atoms with van der Waals surface area (Å²) >= 11 is 0. The zero-order valence-corrected chi connectivity index (χ0v) is 10.4. The van der Waals surface area contributed by atoms with Crippen LogP contribution in [-0.4, -0.2) is 19.6 Å². The van der Waals surface area contributed by atoms with Crippen LogP contribution in [0.25, 0.3) is 0 Å². The number of benzene rings is 1. The fraction of sp³-hybridized carbons (Fsp3) is 0.462. The van der Waals surface area contributed by atoms with Crippen LogP contribution < -0.4 is 15.8 Å². The predicted octanol–water partition coefficient (Wildman–Crippen LogP) is 1.30. The number of nitrogens with two attached hydrogens (primary N) is 1. The molecule has 1 rings (SSSR count). The van der Waals surface area contributed by atoms with E-state index >= 15 is 0 Å². The van der Waals surface area contributed by atoms with E-state index in [2.05, 4.69) is 5.32 Å². The molecule has 0 aromatic heterocycles. The van der Waals surface area contributed by atoms with E-state index in [1.807, 2.05) is 31.2 Å². The average Bonchev–Trinajstić information content (AvgIpc) is 2.36. The van der Waals surface area contributed by atoms with E-state index in [0.717, 1.165) is 11.3 Å². The summed E-state index contributed by atoms with van der Waals surface area (Å²) in [6, 6.07) is 7.65. The Morgan fingerprint density at radius 3 is 2.94 bits per heavy atom. The van der Waals surface area contributed by atoms with Crippen LogP contribution in [-0.2, 0) is 11.3 Å². The lowest BCUT2D eigenvalue weighted by molar-refractivity contribution is -0.124. The van der Waals surface area contributed by atoms with Gasteiger partial charge in [0.05, 0.1) is 7.11 Å². The second-order valence-electron chi connectivity index (χ2n) is 4.05. The summed E-state index contributed by atoms with van der Waals surface area (Å²) in [5, 5.41) is 2.88. The van der Waals surface area contributed by atoms with Crippen molar-refractivity contribution in [2.45, 2.75) is 19.9 Å². The largest absolute Gasteiger partial charge is 0.497 e. The van der Waals surface area contributed by atoms with Gasteiger partial charge in [0, 0.05) is 12.5 Å². The molecule has 4 heteroatoms. The Hall–Kier alpha value is -1.55. The Morgan fingerprint density at radius 2 is 2.29 bits per heavy atom. The summed E-state index contributed by atoms with van der Waals surface area (Å²) in [5.41, 5.74) is 6.44. The number of amides is 1. The van der Waals surface area contributed by atoms with Gasteiger partial charge in [-0.1, -0.05) is 19.1 Å². The number of hydrogen-bond acceptors (Lipinski definition) is 3. The molecular weight excluding hydrogens is 216 g/mol. The smallest absolute Gasteiger partial charge is 0.223 e. The molecule has 0 saturated heterocycles. The zero-order valence-electron chi connectivity index (χ0n) is 10.4. The van der Waals surface area contributed by atoms with Gasteiger partial charge in [-0.3, -0.25) is 4.79 Å². The van der Waals surface area contributed by atoms with Gasteiger partial charge in [-0.15, -0.1) is 0 Å². The van der Waals surface area contributed by atoms with Gasteiger partial charge in [-0.25, -0.2) is 0 Å². The van der Waals surface area contributed by atoms with Gasteiger partial charge in [0.25, 0.3) is 0 Å². The maximum absolute atomic E-state index is 11.7. The van der Waals surface area contributed by atoms with Gasteiger partial charge in [0.2, 0.25) is 5.91 Å². The van der Waals surface area contributed by atoms with Gasteiger partial charge >= 0.3 is 0 Å². The molecule has 0 heterocycles. The molecule has 17 heavy (non-hydrogen) atoms. The second-order valence-corrected chi connectivity index (χ2v) is 4.05. The number of hydrogen-bond donors (Lipinski definition) is 2. The molecule has 1 amide bonds. The third kappa shape index (κ3) is 4.44. The van der Waals surface area contributed by atoms with Gasteiger partial charge in [-0.2, -0.15) is 0 Å². The van der Waals surface area contributed by atoms with E-state index in [-0.39, 0.29) is 11.8 Å². The van der Waals surface area contributed by atoms with Gasteiger partial charge < -0.3 is 15.8 Å². The lowest BCUT2D eigenvalue weighted by Crippen LogP contribution is -2.29. The quantitative estimate of drug-likeness (QED) is 0.782. The maximum Gasteiger partial charge on any atom is 0.223 e. The van der Waals surface area contributed by atoms with Crippen molar-refractivity contribution in [1.82, 2.24) is 5.32 Å². The van der Waals surface area contributed by atoms with Crippen LogP contribution in [0.15, 0.2) is 24.3 Å². The first kappa shape index (κ1) is 13.5. The molecule has 1 atom stereocenters. The highest BCUT2D eigenvalue weighted by Crippen LogP contribution is 2.12. The summed E-state index contributed by atoms with van der Waals surface area (Å²) in [6.45, 7) is 2.94. The van der Waals surface area contributed by atoms with E-state index < -0.39 is 0 Å². The van der Waals surface area contributed by atoms with Gasteiger partial charge in [0.15, 0.2) is 0 Å². The molecule has 0 bridgehead atoms. The minimum absolute atomic E-state index is 0.0365. The van der Waals surface area contributed by atoms with Gasteiger partial charge in [0.1, 0.15) is 5.75 Å². The highest BCUT2D eigenvalue weighted by atomic mass is 16.5. The van der Waals surface area contributed by atoms with E-state index in [1.54, 1.807) is 7.11 Å². The first-order valence-electron chi connectivity index (χ1n) is 5.78. The SMILES string of the molecule is COc1cccc(CNC(=O)C(C)CCN)c1. The van der Waals surface area contributed by atoms with Crippen molar-refractivity contribution < 1.29 is 9.53 Å². The molecule has 1 aromatic carbocycles. The lowest BCUT2D eigenvalue weighted by Gasteiger charge is -2.11. The van der Waals surface area contributed by atoms with Crippen LogP contribution in [0.3, 0.4) is 0 Å². The molecule has 0 radical (unpaired) electrons. The number of carbonyl (C=O) groups is 1. The minimum Gasteiger partial charge on any atom is -0.497 e. The molecule has 3 N–H and O–H groups in total. The summed E-state index contributed by atoms with van der Waals surface area (Å²) in [4.78, 5) is 11.7. The molecule has 0 fully saturated rings. The van der Waals surface area contributed by atoms with Gasteiger partial charge in [-0.05, 0) is 30.7 Å². The third-order valence-electron chi connectivity index (χ3n) is 2.65. The Kier molecular flexibility index (Phi) is 5.49. The molecule has 4 nitrogen and oxygen atoms in total. The number of rotatable bonds is 6. The van der Waals surface area contributed by atoms with Crippen molar-refractivity contribution in [3.63, 3.8) is 0 Å². The molecule has 0 aliphatic carbocycles. The Labute approximate surface area is 102 Å². The van der Waals surface area contributed by atoms with Crippen LogP contribution >= 0.6 is 0 Å². The van der Waals surface area contributed by atoms with Crippen LogP contribution in [0.1, 0.15) is 18.9 Å². The molecule has 94 valence electrons. The Balaban J connectivity index is 2.46. The first-order valence-corrected chi connectivity index (χ1v) is 5.78. The molecular formula is C13H20N2O2. The monoisotopic (exact) mass is 236 g/mol. The number of ether oxygens (including phenoxy) is 1. The van der Waals surface area contributed by atoms with E-state index in [0.29, 0.717) is 19.5 Å². The molecule has 0 aliphatic rings. The first-order chi connectivity index (χ1) is 8.17. The fourth-order valence-corrected chi connectivity index (χ4v) is 1.53. The molecule has 1 aromatic rings. The normalized spacial score (nSPS) is 11.9. The number of methoxy groups -OCH3 is 1. The van der Waals surface area contributed by atoms with E-state index in [1.165, 1.54) is 0 Å². The van der Waals surface area contributed by atoms with Crippen molar-refractivity contribution >= 4 is 5.91 Å². The van der Waals surface area contributed by atoms with Crippen LogP contribution in [0, 0.1) is 5.92 Å². The molecule has 0 aliphatic heterocycles. The molecule has 0 spiro atoms. The predicted molar refractivity (Wildman–Crippen MR) is 67.7 cm³/mol. The number of carbonyl (C=O) groups excluding carboxylic acids is 1. The second kappa shape index (κ2) is 6.91. The summed E-state index contributed by atoms with van der Waals surface area (Å²) < 4.78 is 5.12. The van der Waals surface area contributed by atoms with Crippen molar-refractivity contribution in [2.75, 3.05) is 13.7 Å². The minimum atomic E-state index is -0.0365. The Bertz CT molecular complexity index is 366. The van der Waals surface area contributed by atoms with E-state index in [9.17, 15) is 4.79 Å². The summed E-state index contributed by atoms with van der Waals surface area (Å²) in [7, 11) is 1.63. The van der Waals surface area contributed by atoms with E-state index in [4.69, 9.17) is 10.5 Å². The highest BCUT2D eigenvalue weighted by Gasteiger charge is 2.10. The summed E-state index contributed by atoms with van der Waals surface area (Å²) in [5.74, 6) is 0.802. The van der Waals surface area contributed by atoms with Crippen LogP contribution in [0.2, 0.25) is 0 Å². The lowest BCUT2D eigenvalue weighted by atomic mass is 10.1. The fourth-order valence-electron chi connectivity index (χ4n) is 1.53. The van der Waals surface area contributed by atoms with Crippen LogP contribution in [0.4, 0.5) is 0 Å². The van der Waals surface area contributed by atoms with Crippen molar-refractivity contribution in [3.05, 3.63) is 29.8 Å².